The molecule has 24 heavy (non-hydrogen) atoms. The van der Waals surface area contributed by atoms with Crippen molar-refractivity contribution >= 4 is 17.1 Å². The van der Waals surface area contributed by atoms with Gasteiger partial charge in [0.2, 0.25) is 0 Å². The van der Waals surface area contributed by atoms with Crippen molar-refractivity contribution in [3.05, 3.63) is 46.8 Å². The van der Waals surface area contributed by atoms with Crippen LogP contribution < -0.4 is 0 Å². The zero-order chi connectivity index (χ0) is 17.1. The number of hydrogen-bond acceptors (Lipinski definition) is 3. The van der Waals surface area contributed by atoms with E-state index in [-0.39, 0.29) is 11.9 Å². The normalized spacial score (nSPS) is 21.2. The smallest absolute Gasteiger partial charge is 0.173 e. The van der Waals surface area contributed by atoms with E-state index in [4.69, 9.17) is 0 Å². The largest absolute Gasteiger partial charge is 0.393 e. The lowest BCUT2D eigenvalue weighted by atomic mass is 9.84. The summed E-state index contributed by atoms with van der Waals surface area (Å²) >= 11 is 1.60. The molecule has 1 fully saturated rings. The Kier molecular flexibility index (Phi) is 5.52. The van der Waals surface area contributed by atoms with Crippen molar-refractivity contribution in [2.45, 2.75) is 58.0 Å². The molecule has 1 aromatic carbocycles. The van der Waals surface area contributed by atoms with Crippen molar-refractivity contribution in [2.75, 3.05) is 0 Å². The van der Waals surface area contributed by atoms with Gasteiger partial charge in [-0.05, 0) is 60.8 Å². The lowest BCUT2D eigenvalue weighted by molar-refractivity contribution is 0.0863. The van der Waals surface area contributed by atoms with Crippen LogP contribution in [-0.4, -0.2) is 17.0 Å². The first-order valence-corrected chi connectivity index (χ1v) is 9.76. The second-order valence-electron chi connectivity index (χ2n) is 7.24. The van der Waals surface area contributed by atoms with Crippen molar-refractivity contribution in [3.8, 4) is 10.4 Å². The summed E-state index contributed by atoms with van der Waals surface area (Å²) in [6.07, 6.45) is 4.10. The van der Waals surface area contributed by atoms with Crippen LogP contribution >= 0.6 is 11.3 Å². The van der Waals surface area contributed by atoms with Gasteiger partial charge in [0.15, 0.2) is 5.78 Å². The number of carbonyl (C=O) groups is 1. The molecule has 3 heteroatoms. The average Bonchev–Trinajstić information content (AvgIpc) is 3.07. The van der Waals surface area contributed by atoms with E-state index in [0.29, 0.717) is 18.3 Å². The van der Waals surface area contributed by atoms with Crippen LogP contribution in [0.15, 0.2) is 36.4 Å². The molecule has 0 aliphatic heterocycles. The molecule has 0 spiro atoms. The van der Waals surface area contributed by atoms with Gasteiger partial charge in [-0.25, -0.2) is 0 Å². The fourth-order valence-electron chi connectivity index (χ4n) is 3.39. The number of aliphatic hydroxyl groups excluding tert-OH is 1. The van der Waals surface area contributed by atoms with Gasteiger partial charge in [0.05, 0.1) is 11.0 Å². The monoisotopic (exact) mass is 342 g/mol. The van der Waals surface area contributed by atoms with E-state index in [1.54, 1.807) is 11.3 Å². The molecule has 0 bridgehead atoms. The van der Waals surface area contributed by atoms with Gasteiger partial charge in [-0.15, -0.1) is 11.3 Å². The average molecular weight is 343 g/mol. The molecule has 0 amide bonds. The number of thiophene rings is 1. The van der Waals surface area contributed by atoms with Crippen molar-refractivity contribution < 1.29 is 9.90 Å². The van der Waals surface area contributed by atoms with Gasteiger partial charge in [0.1, 0.15) is 0 Å². The quantitative estimate of drug-likeness (QED) is 0.712. The molecule has 0 radical (unpaired) electrons. The minimum absolute atomic E-state index is 0.154. The highest BCUT2D eigenvalue weighted by Gasteiger charge is 2.22. The maximum atomic E-state index is 12.5. The topological polar surface area (TPSA) is 37.3 Å². The minimum atomic E-state index is -0.154. The predicted octanol–water partition coefficient (Wildman–Crippen LogP) is 5.66. The van der Waals surface area contributed by atoms with E-state index >= 15 is 0 Å². The highest BCUT2D eigenvalue weighted by atomic mass is 32.1. The van der Waals surface area contributed by atoms with E-state index in [1.807, 2.05) is 6.07 Å². The van der Waals surface area contributed by atoms with E-state index in [0.717, 1.165) is 35.4 Å². The SMILES string of the molecule is CC(C)c1ccc(-c2ccc(C(=O)CC3CCC(O)CC3)s2)cc1. The number of hydrogen-bond donors (Lipinski definition) is 1. The van der Waals surface area contributed by atoms with Crippen LogP contribution in [0.3, 0.4) is 0 Å². The lowest BCUT2D eigenvalue weighted by Crippen LogP contribution is -2.20. The first-order valence-electron chi connectivity index (χ1n) is 8.94. The molecule has 0 unspecified atom stereocenters. The molecule has 1 aliphatic rings. The van der Waals surface area contributed by atoms with Crippen LogP contribution in [0.2, 0.25) is 0 Å². The van der Waals surface area contributed by atoms with Gasteiger partial charge in [0.25, 0.3) is 0 Å². The molecule has 1 N–H and O–H groups in total. The Labute approximate surface area is 148 Å². The highest BCUT2D eigenvalue weighted by Crippen LogP contribution is 2.32. The van der Waals surface area contributed by atoms with Crippen molar-refractivity contribution in [2.24, 2.45) is 5.92 Å². The summed E-state index contributed by atoms with van der Waals surface area (Å²) < 4.78 is 0. The Hall–Kier alpha value is -1.45. The summed E-state index contributed by atoms with van der Waals surface area (Å²) in [5, 5.41) is 9.58. The molecule has 128 valence electrons. The Morgan fingerprint density at radius 3 is 2.38 bits per heavy atom. The van der Waals surface area contributed by atoms with E-state index in [1.165, 1.54) is 11.1 Å². The zero-order valence-corrected chi connectivity index (χ0v) is 15.3. The number of rotatable bonds is 5. The molecule has 1 aromatic heterocycles. The number of benzene rings is 1. The standard InChI is InChI=1S/C21H26O2S/c1-14(2)16-5-7-17(8-6-16)20-11-12-21(24-20)19(23)13-15-3-9-18(22)10-4-15/h5-8,11-12,14-15,18,22H,3-4,9-10,13H2,1-2H3. The van der Waals surface area contributed by atoms with E-state index in [9.17, 15) is 9.90 Å². The highest BCUT2D eigenvalue weighted by molar-refractivity contribution is 7.17. The van der Waals surface area contributed by atoms with Gasteiger partial charge in [-0.1, -0.05) is 38.1 Å². The van der Waals surface area contributed by atoms with Crippen molar-refractivity contribution in [1.82, 2.24) is 0 Å². The van der Waals surface area contributed by atoms with Crippen LogP contribution in [0.4, 0.5) is 0 Å². The summed E-state index contributed by atoms with van der Waals surface area (Å²) in [6, 6.07) is 12.7. The lowest BCUT2D eigenvalue weighted by Gasteiger charge is -2.24. The Morgan fingerprint density at radius 2 is 1.75 bits per heavy atom. The summed E-state index contributed by atoms with van der Waals surface area (Å²) in [6.45, 7) is 4.39. The Balaban J connectivity index is 1.65. The molecule has 2 aromatic rings. The number of aliphatic hydroxyl groups is 1. The number of carbonyl (C=O) groups excluding carboxylic acids is 1. The van der Waals surface area contributed by atoms with Crippen molar-refractivity contribution in [3.63, 3.8) is 0 Å². The molecular formula is C21H26O2S. The van der Waals surface area contributed by atoms with Gasteiger partial charge in [0, 0.05) is 11.3 Å². The molecule has 2 nitrogen and oxygen atoms in total. The second-order valence-corrected chi connectivity index (χ2v) is 8.33. The fourth-order valence-corrected chi connectivity index (χ4v) is 4.35. The van der Waals surface area contributed by atoms with Crippen LogP contribution in [0.5, 0.6) is 0 Å². The minimum Gasteiger partial charge on any atom is -0.393 e. The maximum Gasteiger partial charge on any atom is 0.173 e. The van der Waals surface area contributed by atoms with Gasteiger partial charge >= 0.3 is 0 Å². The maximum absolute atomic E-state index is 12.5. The van der Waals surface area contributed by atoms with Crippen LogP contribution in [-0.2, 0) is 0 Å². The fraction of sp³-hybridized carbons (Fsp3) is 0.476. The summed E-state index contributed by atoms with van der Waals surface area (Å²) in [5.74, 6) is 1.23. The van der Waals surface area contributed by atoms with Gasteiger partial charge in [-0.2, -0.15) is 0 Å². The van der Waals surface area contributed by atoms with Crippen LogP contribution in [0, 0.1) is 5.92 Å². The van der Waals surface area contributed by atoms with Crippen molar-refractivity contribution in [1.29, 1.82) is 0 Å². The molecule has 1 heterocycles. The summed E-state index contributed by atoms with van der Waals surface area (Å²) in [7, 11) is 0. The van der Waals surface area contributed by atoms with Gasteiger partial charge < -0.3 is 5.11 Å². The Morgan fingerprint density at radius 1 is 1.08 bits per heavy atom. The molecule has 1 aliphatic carbocycles. The third-order valence-corrected chi connectivity index (χ3v) is 6.21. The Bertz CT molecular complexity index is 676. The zero-order valence-electron chi connectivity index (χ0n) is 14.5. The summed E-state index contributed by atoms with van der Waals surface area (Å²) in [4.78, 5) is 14.6. The third-order valence-electron chi connectivity index (χ3n) is 5.03. The predicted molar refractivity (Wildman–Crippen MR) is 101 cm³/mol. The summed E-state index contributed by atoms with van der Waals surface area (Å²) in [5.41, 5.74) is 2.52. The van der Waals surface area contributed by atoms with Crippen LogP contribution in [0.25, 0.3) is 10.4 Å². The third kappa shape index (κ3) is 4.14. The first-order chi connectivity index (χ1) is 11.5. The first kappa shape index (κ1) is 17.4. The van der Waals surface area contributed by atoms with E-state index < -0.39 is 0 Å². The van der Waals surface area contributed by atoms with Gasteiger partial charge in [-0.3, -0.25) is 4.79 Å². The number of Topliss-reactive ketones (excluding diaryl/α,β-unsaturated/α-hetero) is 1. The second kappa shape index (κ2) is 7.62. The van der Waals surface area contributed by atoms with Crippen LogP contribution in [0.1, 0.15) is 67.1 Å². The number of ketones is 1. The molecule has 1 saturated carbocycles. The molecule has 0 atom stereocenters. The molecule has 3 rings (SSSR count). The molecular weight excluding hydrogens is 316 g/mol. The molecule has 0 saturated heterocycles. The van der Waals surface area contributed by atoms with E-state index in [2.05, 4.69) is 44.2 Å².